The van der Waals surface area contributed by atoms with Crippen molar-refractivity contribution in [1.82, 2.24) is 14.5 Å². The minimum absolute atomic E-state index is 0.311. The minimum Gasteiger partial charge on any atom is -0.508 e. The molecule has 0 atom stereocenters. The second-order valence-electron chi connectivity index (χ2n) is 8.75. The van der Waals surface area contributed by atoms with E-state index in [1.165, 1.54) is 34.9 Å². The minimum atomic E-state index is -0.340. The maximum atomic E-state index is 12.3. The molecule has 5 rings (SSSR count). The maximum absolute atomic E-state index is 12.3. The first-order valence-corrected chi connectivity index (χ1v) is 11.6. The van der Waals surface area contributed by atoms with Crippen LogP contribution in [0.25, 0.3) is 5.57 Å². The Labute approximate surface area is 194 Å². The average Bonchev–Trinajstić information content (AvgIpc) is 3.19. The van der Waals surface area contributed by atoms with E-state index in [2.05, 4.69) is 29.2 Å². The standard InChI is InChI=1S/C27H29N3O3/c1-33-27(32)24-18-28-26-25(23-5-3-2-4-20(23)13-17-30(24)26)21-11-15-29(16-12-21)14-10-19-6-8-22(31)9-7-19/h2-9,18,31H,10-17H2,1H3. The molecule has 0 radical (unpaired) electrons. The summed E-state index contributed by atoms with van der Waals surface area (Å²) < 4.78 is 7.04. The molecule has 1 fully saturated rings. The fraction of sp³-hybridized carbons (Fsp3) is 0.333. The summed E-state index contributed by atoms with van der Waals surface area (Å²) in [5.74, 6) is 0.853. The molecule has 3 heterocycles. The van der Waals surface area contributed by atoms with E-state index in [-0.39, 0.29) is 5.97 Å². The monoisotopic (exact) mass is 443 g/mol. The number of phenolic OH excluding ortho intramolecular Hbond substituents is 1. The third kappa shape index (κ3) is 4.31. The highest BCUT2D eigenvalue weighted by Crippen LogP contribution is 2.36. The number of aryl methyl sites for hydroxylation is 1. The molecule has 0 unspecified atom stereocenters. The highest BCUT2D eigenvalue weighted by molar-refractivity contribution is 5.89. The van der Waals surface area contributed by atoms with Gasteiger partial charge in [-0.1, -0.05) is 42.0 Å². The molecule has 33 heavy (non-hydrogen) atoms. The highest BCUT2D eigenvalue weighted by atomic mass is 16.5. The van der Waals surface area contributed by atoms with Crippen molar-refractivity contribution < 1.29 is 14.6 Å². The Balaban J connectivity index is 1.41. The SMILES string of the molecule is COC(=O)c1cnc2n1CCc1ccccc1C2=C1CCN(CCc2ccc(O)cc2)CC1. The third-order valence-corrected chi connectivity index (χ3v) is 6.83. The second-order valence-corrected chi connectivity index (χ2v) is 8.75. The van der Waals surface area contributed by atoms with Crippen molar-refractivity contribution in [1.29, 1.82) is 0 Å². The number of rotatable bonds is 4. The Morgan fingerprint density at radius 2 is 1.79 bits per heavy atom. The van der Waals surface area contributed by atoms with Crippen molar-refractivity contribution in [2.45, 2.75) is 32.2 Å². The van der Waals surface area contributed by atoms with Crippen molar-refractivity contribution in [3.8, 4) is 5.75 Å². The van der Waals surface area contributed by atoms with Gasteiger partial charge in [0.05, 0.1) is 13.3 Å². The van der Waals surface area contributed by atoms with E-state index in [1.807, 2.05) is 16.7 Å². The molecule has 2 aliphatic rings. The fourth-order valence-electron chi connectivity index (χ4n) is 5.00. The van der Waals surface area contributed by atoms with Crippen molar-refractivity contribution in [3.63, 3.8) is 0 Å². The molecule has 2 aliphatic heterocycles. The lowest BCUT2D eigenvalue weighted by Gasteiger charge is -2.30. The lowest BCUT2D eigenvalue weighted by molar-refractivity contribution is 0.0588. The zero-order chi connectivity index (χ0) is 22.8. The molecule has 0 saturated carbocycles. The first kappa shape index (κ1) is 21.5. The summed E-state index contributed by atoms with van der Waals surface area (Å²) in [6.45, 7) is 3.73. The molecule has 0 spiro atoms. The molecule has 1 aromatic heterocycles. The van der Waals surface area contributed by atoms with Crippen LogP contribution in [0.5, 0.6) is 5.75 Å². The molecule has 1 N–H and O–H groups in total. The second kappa shape index (κ2) is 9.24. The number of imidazole rings is 1. The molecule has 0 aliphatic carbocycles. The number of nitrogens with zero attached hydrogens (tertiary/aromatic N) is 3. The number of fused-ring (bicyclic) bond motifs is 2. The Kier molecular flexibility index (Phi) is 6.01. The quantitative estimate of drug-likeness (QED) is 0.616. The van der Waals surface area contributed by atoms with Crippen LogP contribution in [0.15, 0.2) is 60.3 Å². The van der Waals surface area contributed by atoms with Crippen LogP contribution in [0.1, 0.15) is 45.8 Å². The Morgan fingerprint density at radius 1 is 1.03 bits per heavy atom. The molecule has 0 amide bonds. The lowest BCUT2D eigenvalue weighted by Crippen LogP contribution is -2.33. The number of hydrogen-bond donors (Lipinski definition) is 1. The number of methoxy groups -OCH3 is 1. The summed E-state index contributed by atoms with van der Waals surface area (Å²) >= 11 is 0. The molecule has 2 aromatic carbocycles. The van der Waals surface area contributed by atoms with Gasteiger partial charge in [-0.15, -0.1) is 0 Å². The van der Waals surface area contributed by atoms with Crippen LogP contribution < -0.4 is 0 Å². The zero-order valence-corrected chi connectivity index (χ0v) is 19.0. The molecule has 6 heteroatoms. The molecule has 170 valence electrons. The predicted octanol–water partition coefficient (Wildman–Crippen LogP) is 4.07. The maximum Gasteiger partial charge on any atom is 0.356 e. The van der Waals surface area contributed by atoms with Crippen LogP contribution in [0.2, 0.25) is 0 Å². The van der Waals surface area contributed by atoms with Gasteiger partial charge in [0.1, 0.15) is 17.3 Å². The molecular formula is C27H29N3O3. The number of carbonyl (C=O) groups is 1. The number of aromatic nitrogens is 2. The number of carbonyl (C=O) groups excluding carboxylic acids is 1. The van der Waals surface area contributed by atoms with Gasteiger partial charge in [0.15, 0.2) is 0 Å². The van der Waals surface area contributed by atoms with E-state index in [4.69, 9.17) is 9.72 Å². The number of aromatic hydroxyl groups is 1. The first-order chi connectivity index (χ1) is 16.1. The number of piperidine rings is 1. The van der Waals surface area contributed by atoms with Crippen molar-refractivity contribution in [2.75, 3.05) is 26.7 Å². The predicted molar refractivity (Wildman–Crippen MR) is 127 cm³/mol. The summed E-state index contributed by atoms with van der Waals surface area (Å²) in [4.78, 5) is 19.6. The van der Waals surface area contributed by atoms with E-state index in [9.17, 15) is 9.90 Å². The van der Waals surface area contributed by atoms with Crippen LogP contribution in [0, 0.1) is 0 Å². The van der Waals surface area contributed by atoms with Gasteiger partial charge in [-0.2, -0.15) is 0 Å². The zero-order valence-electron chi connectivity index (χ0n) is 19.0. The summed E-state index contributed by atoms with van der Waals surface area (Å²) in [6, 6.07) is 16.0. The number of hydrogen-bond acceptors (Lipinski definition) is 5. The van der Waals surface area contributed by atoms with Gasteiger partial charge < -0.3 is 19.3 Å². The van der Waals surface area contributed by atoms with Gasteiger partial charge in [-0.3, -0.25) is 0 Å². The smallest absolute Gasteiger partial charge is 0.356 e. The van der Waals surface area contributed by atoms with Crippen molar-refractivity contribution >= 4 is 11.5 Å². The normalized spacial score (nSPS) is 16.2. The first-order valence-electron chi connectivity index (χ1n) is 11.6. The van der Waals surface area contributed by atoms with Crippen LogP contribution in [-0.2, 0) is 24.1 Å². The van der Waals surface area contributed by atoms with E-state index >= 15 is 0 Å². The fourth-order valence-corrected chi connectivity index (χ4v) is 5.00. The summed E-state index contributed by atoms with van der Waals surface area (Å²) in [5, 5.41) is 9.48. The van der Waals surface area contributed by atoms with E-state index in [0.717, 1.165) is 51.1 Å². The summed E-state index contributed by atoms with van der Waals surface area (Å²) in [5.41, 5.74) is 6.91. The molecule has 3 aromatic rings. The van der Waals surface area contributed by atoms with Gasteiger partial charge in [0.25, 0.3) is 0 Å². The Morgan fingerprint density at radius 3 is 2.55 bits per heavy atom. The van der Waals surface area contributed by atoms with Crippen molar-refractivity contribution in [3.05, 3.63) is 88.5 Å². The van der Waals surface area contributed by atoms with Crippen LogP contribution in [0.3, 0.4) is 0 Å². The van der Waals surface area contributed by atoms with Gasteiger partial charge in [-0.25, -0.2) is 9.78 Å². The topological polar surface area (TPSA) is 67.6 Å². The summed E-state index contributed by atoms with van der Waals surface area (Å²) in [6.07, 6.45) is 5.46. The van der Waals surface area contributed by atoms with E-state index in [0.29, 0.717) is 18.0 Å². The highest BCUT2D eigenvalue weighted by Gasteiger charge is 2.28. The van der Waals surface area contributed by atoms with Gasteiger partial charge >= 0.3 is 5.97 Å². The number of esters is 1. The molecule has 0 bridgehead atoms. The van der Waals surface area contributed by atoms with Gasteiger partial charge in [0, 0.05) is 31.8 Å². The van der Waals surface area contributed by atoms with E-state index < -0.39 is 0 Å². The number of likely N-dealkylation sites (tertiary alicyclic amines) is 1. The largest absolute Gasteiger partial charge is 0.508 e. The number of phenols is 1. The third-order valence-electron chi connectivity index (χ3n) is 6.83. The molecular weight excluding hydrogens is 414 g/mol. The van der Waals surface area contributed by atoms with E-state index in [1.54, 1.807) is 18.3 Å². The average molecular weight is 444 g/mol. The number of benzene rings is 2. The van der Waals surface area contributed by atoms with Crippen LogP contribution >= 0.6 is 0 Å². The van der Waals surface area contributed by atoms with Crippen LogP contribution in [0.4, 0.5) is 0 Å². The van der Waals surface area contributed by atoms with Crippen molar-refractivity contribution in [2.24, 2.45) is 0 Å². The Hall–Kier alpha value is -3.38. The van der Waals surface area contributed by atoms with Crippen LogP contribution in [-0.4, -0.2) is 52.3 Å². The summed E-state index contributed by atoms with van der Waals surface area (Å²) in [7, 11) is 1.42. The van der Waals surface area contributed by atoms with Gasteiger partial charge in [0.2, 0.25) is 0 Å². The Bertz CT molecular complexity index is 1180. The molecule has 1 saturated heterocycles. The lowest BCUT2D eigenvalue weighted by atomic mass is 9.90. The van der Waals surface area contributed by atoms with Gasteiger partial charge in [-0.05, 0) is 54.5 Å². The molecule has 6 nitrogen and oxygen atoms in total. The number of ether oxygens (including phenoxy) is 1.